The predicted octanol–water partition coefficient (Wildman–Crippen LogP) is 5.95. The first-order valence-electron chi connectivity index (χ1n) is 10.3. The molecule has 0 unspecified atom stereocenters. The van der Waals surface area contributed by atoms with Gasteiger partial charge in [-0.1, -0.05) is 97.1 Å². The largest absolute Gasteiger partial charge is 0.340 e. The molecule has 4 rings (SSSR count). The molecule has 164 valence electrons. The quantitative estimate of drug-likeness (QED) is 0.391. The van der Waals surface area contributed by atoms with E-state index in [9.17, 15) is 13.2 Å². The second-order valence-corrected chi connectivity index (χ2v) is 8.75. The molecular weight excluding hydrogens is 432 g/mol. The summed E-state index contributed by atoms with van der Waals surface area (Å²) in [5, 5.41) is 1.10. The van der Waals surface area contributed by atoms with Crippen molar-refractivity contribution in [2.45, 2.75) is 0 Å². The van der Waals surface area contributed by atoms with E-state index < -0.39 is 16.1 Å². The van der Waals surface area contributed by atoms with Crippen LogP contribution in [0.2, 0.25) is 0 Å². The van der Waals surface area contributed by atoms with E-state index in [0.29, 0.717) is 16.9 Å². The van der Waals surface area contributed by atoms with Crippen molar-refractivity contribution in [3.05, 3.63) is 138 Å². The van der Waals surface area contributed by atoms with Gasteiger partial charge in [-0.2, -0.15) is 0 Å². The average Bonchev–Trinajstić information content (AvgIpc) is 2.85. The predicted molar refractivity (Wildman–Crippen MR) is 132 cm³/mol. The fourth-order valence-electron chi connectivity index (χ4n) is 3.43. The Morgan fingerprint density at radius 1 is 0.606 bits per heavy atom. The van der Waals surface area contributed by atoms with Crippen molar-refractivity contribution in [3.63, 3.8) is 0 Å². The van der Waals surface area contributed by atoms with E-state index in [1.807, 2.05) is 72.8 Å². The molecule has 5 nitrogen and oxygen atoms in total. The molecular formula is C27H22N2O3S. The van der Waals surface area contributed by atoms with Gasteiger partial charge >= 0.3 is 6.03 Å². The van der Waals surface area contributed by atoms with Crippen molar-refractivity contribution < 1.29 is 13.2 Å². The van der Waals surface area contributed by atoms with Gasteiger partial charge in [-0.15, -0.1) is 0 Å². The maximum atomic E-state index is 13.2. The van der Waals surface area contributed by atoms with Crippen LogP contribution in [0.25, 0.3) is 5.57 Å². The Morgan fingerprint density at radius 3 is 1.36 bits per heavy atom. The highest BCUT2D eigenvalue weighted by Crippen LogP contribution is 2.27. The van der Waals surface area contributed by atoms with Crippen LogP contribution in [0.15, 0.2) is 127 Å². The number of sulfonamides is 1. The minimum atomic E-state index is -4.14. The summed E-state index contributed by atoms with van der Waals surface area (Å²) in [6.45, 7) is 0. The number of hydrogen-bond donors (Lipinski definition) is 1. The smallest absolute Gasteiger partial charge is 0.262 e. The number of rotatable bonds is 6. The SMILES string of the molecule is O=C(NS(=O)(=O)C=C(c1ccccc1)c1ccccc1)N(c1ccccc1)c1ccccc1. The Hall–Kier alpha value is -4.16. The molecule has 0 radical (unpaired) electrons. The van der Waals surface area contributed by atoms with Crippen LogP contribution in [0.3, 0.4) is 0 Å². The molecule has 0 aliphatic heterocycles. The van der Waals surface area contributed by atoms with Crippen LogP contribution in [0.1, 0.15) is 11.1 Å². The first-order valence-corrected chi connectivity index (χ1v) is 11.9. The topological polar surface area (TPSA) is 66.5 Å². The lowest BCUT2D eigenvalue weighted by Crippen LogP contribution is -2.39. The second kappa shape index (κ2) is 9.97. The lowest BCUT2D eigenvalue weighted by Gasteiger charge is -2.23. The van der Waals surface area contributed by atoms with Gasteiger partial charge < -0.3 is 0 Å². The zero-order valence-electron chi connectivity index (χ0n) is 17.7. The molecule has 33 heavy (non-hydrogen) atoms. The van der Waals surface area contributed by atoms with E-state index in [1.54, 1.807) is 48.5 Å². The molecule has 1 N–H and O–H groups in total. The summed E-state index contributed by atoms with van der Waals surface area (Å²) in [4.78, 5) is 14.6. The second-order valence-electron chi connectivity index (χ2n) is 7.22. The van der Waals surface area contributed by atoms with Crippen LogP contribution in [-0.2, 0) is 10.0 Å². The van der Waals surface area contributed by atoms with Crippen molar-refractivity contribution in [1.82, 2.24) is 4.72 Å². The number of benzene rings is 4. The van der Waals surface area contributed by atoms with Gasteiger partial charge in [0, 0.05) is 5.57 Å². The van der Waals surface area contributed by atoms with Crippen LogP contribution in [0.5, 0.6) is 0 Å². The minimum absolute atomic E-state index is 0.488. The van der Waals surface area contributed by atoms with Gasteiger partial charge in [0.2, 0.25) is 0 Å². The number of amides is 2. The highest BCUT2D eigenvalue weighted by molar-refractivity contribution is 7.93. The van der Waals surface area contributed by atoms with Crippen molar-refractivity contribution >= 4 is 33.0 Å². The van der Waals surface area contributed by atoms with Gasteiger partial charge in [0.25, 0.3) is 10.0 Å². The van der Waals surface area contributed by atoms with Crippen LogP contribution in [-0.4, -0.2) is 14.4 Å². The van der Waals surface area contributed by atoms with Gasteiger partial charge in [0.1, 0.15) is 0 Å². The number of carbonyl (C=O) groups excluding carboxylic acids is 1. The number of nitrogens with zero attached hydrogens (tertiary/aromatic N) is 1. The van der Waals surface area contributed by atoms with E-state index in [1.165, 1.54) is 4.90 Å². The van der Waals surface area contributed by atoms with Crippen LogP contribution < -0.4 is 9.62 Å². The molecule has 0 aliphatic carbocycles. The number of carbonyl (C=O) groups is 1. The van der Waals surface area contributed by atoms with Crippen molar-refractivity contribution in [1.29, 1.82) is 0 Å². The molecule has 4 aromatic rings. The summed E-state index contributed by atoms with van der Waals surface area (Å²) < 4.78 is 28.5. The van der Waals surface area contributed by atoms with Crippen molar-refractivity contribution in [2.24, 2.45) is 0 Å². The van der Waals surface area contributed by atoms with Gasteiger partial charge in [0.05, 0.1) is 16.8 Å². The molecule has 0 fully saturated rings. The van der Waals surface area contributed by atoms with Crippen molar-refractivity contribution in [2.75, 3.05) is 4.90 Å². The van der Waals surface area contributed by atoms with Gasteiger partial charge in [-0.05, 0) is 35.4 Å². The normalized spacial score (nSPS) is 10.8. The van der Waals surface area contributed by atoms with E-state index >= 15 is 0 Å². The number of urea groups is 1. The Morgan fingerprint density at radius 2 is 0.970 bits per heavy atom. The Kier molecular flexibility index (Phi) is 6.66. The highest BCUT2D eigenvalue weighted by Gasteiger charge is 2.23. The average molecular weight is 455 g/mol. The van der Waals surface area contributed by atoms with E-state index in [0.717, 1.165) is 16.5 Å². The molecule has 0 aromatic heterocycles. The summed E-state index contributed by atoms with van der Waals surface area (Å²) in [5.74, 6) is 0. The zero-order valence-corrected chi connectivity index (χ0v) is 18.5. The molecule has 0 saturated heterocycles. The highest BCUT2D eigenvalue weighted by atomic mass is 32.2. The van der Waals surface area contributed by atoms with E-state index in [-0.39, 0.29) is 0 Å². The maximum Gasteiger partial charge on any atom is 0.340 e. The van der Waals surface area contributed by atoms with Gasteiger partial charge in [0.15, 0.2) is 0 Å². The fourth-order valence-corrected chi connectivity index (χ4v) is 4.40. The van der Waals surface area contributed by atoms with Crippen LogP contribution in [0, 0.1) is 0 Å². The Bertz CT molecular complexity index is 1260. The summed E-state index contributed by atoms with van der Waals surface area (Å²) in [5.41, 5.74) is 3.04. The minimum Gasteiger partial charge on any atom is -0.262 e. The summed E-state index contributed by atoms with van der Waals surface area (Å²) in [7, 11) is -4.14. The number of nitrogens with one attached hydrogen (secondary N) is 1. The summed E-state index contributed by atoms with van der Waals surface area (Å²) in [6, 6.07) is 35.4. The Labute approximate surface area is 193 Å². The first-order chi connectivity index (χ1) is 16.0. The maximum absolute atomic E-state index is 13.2. The Balaban J connectivity index is 1.71. The van der Waals surface area contributed by atoms with Crippen molar-refractivity contribution in [3.8, 4) is 0 Å². The number of anilines is 2. The monoisotopic (exact) mass is 454 g/mol. The number of hydrogen-bond acceptors (Lipinski definition) is 3. The summed E-state index contributed by atoms with van der Waals surface area (Å²) >= 11 is 0. The van der Waals surface area contributed by atoms with Gasteiger partial charge in [-0.3, -0.25) is 4.90 Å². The standard InChI is InChI=1S/C27H22N2O3S/c30-27(29(24-17-9-3-10-18-24)25-19-11-4-12-20-25)28-33(31,32)21-26(22-13-5-1-6-14-22)23-15-7-2-8-16-23/h1-21H,(H,28,30). The molecule has 0 atom stereocenters. The molecule has 4 aromatic carbocycles. The first kappa shape index (κ1) is 22.0. The molecule has 6 heteroatoms. The van der Waals surface area contributed by atoms with Crippen LogP contribution in [0.4, 0.5) is 16.2 Å². The zero-order chi connectivity index (χ0) is 23.1. The molecule has 0 spiro atoms. The van der Waals surface area contributed by atoms with Gasteiger partial charge in [-0.25, -0.2) is 17.9 Å². The van der Waals surface area contributed by atoms with E-state index in [4.69, 9.17) is 0 Å². The number of para-hydroxylation sites is 2. The molecule has 0 saturated carbocycles. The molecule has 0 aliphatic rings. The lowest BCUT2D eigenvalue weighted by molar-refractivity contribution is 0.253. The lowest BCUT2D eigenvalue weighted by atomic mass is 10.00. The summed E-state index contributed by atoms with van der Waals surface area (Å²) in [6.07, 6.45) is 0. The third-order valence-electron chi connectivity index (χ3n) is 4.90. The molecule has 2 amide bonds. The third-order valence-corrected chi connectivity index (χ3v) is 5.91. The van der Waals surface area contributed by atoms with Crippen LogP contribution >= 0.6 is 0 Å². The third kappa shape index (κ3) is 5.56. The van der Waals surface area contributed by atoms with E-state index in [2.05, 4.69) is 4.72 Å². The molecule has 0 bridgehead atoms. The molecule has 0 heterocycles. The fraction of sp³-hybridized carbons (Fsp3) is 0.